The van der Waals surface area contributed by atoms with Gasteiger partial charge in [-0.1, -0.05) is 45.0 Å². The molecule has 6 nitrogen and oxygen atoms in total. The molecule has 0 unspecified atom stereocenters. The molecule has 31 heavy (non-hydrogen) atoms. The summed E-state index contributed by atoms with van der Waals surface area (Å²) in [4.78, 5) is 30.1. The molecule has 3 rings (SSSR count). The van der Waals surface area contributed by atoms with Crippen LogP contribution in [0.1, 0.15) is 59.8 Å². The Labute approximate surface area is 182 Å². The van der Waals surface area contributed by atoms with Crippen LogP contribution in [0.15, 0.2) is 53.3 Å². The number of carbonyl (C=O) groups excluding carboxylic acids is 1. The fraction of sp³-hybridized carbons (Fsp3) is 0.375. The largest absolute Gasteiger partial charge is 0.444 e. The van der Waals surface area contributed by atoms with E-state index in [0.29, 0.717) is 17.9 Å². The average Bonchev–Trinajstić information content (AvgIpc) is 2.72. The summed E-state index contributed by atoms with van der Waals surface area (Å²) in [5.74, 6) is -0.322. The minimum absolute atomic E-state index is 0.0905. The van der Waals surface area contributed by atoms with Crippen LogP contribution in [0.2, 0.25) is 0 Å². The number of alkyl carbamates (subject to hydrolysis) is 1. The maximum atomic E-state index is 14.4. The molecule has 3 aromatic rings. The summed E-state index contributed by atoms with van der Waals surface area (Å²) in [6, 6.07) is 12.6. The Morgan fingerprint density at radius 3 is 2.35 bits per heavy atom. The van der Waals surface area contributed by atoms with Gasteiger partial charge in [-0.15, -0.1) is 0 Å². The van der Waals surface area contributed by atoms with Gasteiger partial charge in [-0.3, -0.25) is 9.36 Å². The minimum atomic E-state index is -0.665. The number of benzene rings is 2. The van der Waals surface area contributed by atoms with Crippen molar-refractivity contribution < 1.29 is 13.9 Å². The molecular weight excluding hydrogens is 397 g/mol. The van der Waals surface area contributed by atoms with Gasteiger partial charge < -0.3 is 10.1 Å². The third-order valence-corrected chi connectivity index (χ3v) is 4.30. The van der Waals surface area contributed by atoms with Gasteiger partial charge in [-0.2, -0.15) is 0 Å². The van der Waals surface area contributed by atoms with Crippen LogP contribution in [0.3, 0.4) is 0 Å². The molecule has 1 N–H and O–H groups in total. The molecular formula is C24H30FN3O3. The van der Waals surface area contributed by atoms with E-state index in [-0.39, 0.29) is 10.9 Å². The van der Waals surface area contributed by atoms with Gasteiger partial charge in [0.2, 0.25) is 0 Å². The first-order valence-corrected chi connectivity index (χ1v) is 10.5. The molecule has 1 amide bonds. The highest BCUT2D eigenvalue weighted by atomic mass is 19.1. The third kappa shape index (κ3) is 5.69. The first kappa shape index (κ1) is 24.1. The highest BCUT2D eigenvalue weighted by molar-refractivity contribution is 5.79. The predicted octanol–water partition coefficient (Wildman–Crippen LogP) is 5.53. The molecule has 0 radical (unpaired) electrons. The monoisotopic (exact) mass is 427 g/mol. The second-order valence-corrected chi connectivity index (χ2v) is 7.69. The van der Waals surface area contributed by atoms with Crippen LogP contribution in [0.25, 0.3) is 16.6 Å². The van der Waals surface area contributed by atoms with Crippen molar-refractivity contribution in [3.05, 3.63) is 70.5 Å². The van der Waals surface area contributed by atoms with Crippen molar-refractivity contribution >= 4 is 17.0 Å². The average molecular weight is 428 g/mol. The maximum Gasteiger partial charge on any atom is 0.408 e. The fourth-order valence-corrected chi connectivity index (χ4v) is 3.07. The normalized spacial score (nSPS) is 12.0. The van der Waals surface area contributed by atoms with Gasteiger partial charge >= 0.3 is 6.09 Å². The third-order valence-electron chi connectivity index (χ3n) is 4.30. The quantitative estimate of drug-likeness (QED) is 0.594. The Bertz CT molecular complexity index is 1090. The van der Waals surface area contributed by atoms with E-state index in [4.69, 9.17) is 4.74 Å². The zero-order valence-corrected chi connectivity index (χ0v) is 18.9. The van der Waals surface area contributed by atoms with Crippen LogP contribution in [-0.2, 0) is 4.74 Å². The second kappa shape index (κ2) is 10.2. The number of hydrogen-bond acceptors (Lipinski definition) is 4. The summed E-state index contributed by atoms with van der Waals surface area (Å²) < 4.78 is 21.1. The molecule has 7 heteroatoms. The second-order valence-electron chi connectivity index (χ2n) is 7.69. The van der Waals surface area contributed by atoms with Gasteiger partial charge in [0.25, 0.3) is 5.56 Å². The molecule has 1 aromatic heterocycles. The number of nitrogens with one attached hydrogen (secondary N) is 1. The molecule has 166 valence electrons. The molecule has 0 aliphatic carbocycles. The number of nitrogens with zero attached hydrogens (tertiary/aromatic N) is 2. The first-order valence-electron chi connectivity index (χ1n) is 10.5. The van der Waals surface area contributed by atoms with Crippen LogP contribution in [0.5, 0.6) is 0 Å². The number of ether oxygens (including phenoxy) is 1. The molecule has 0 saturated heterocycles. The van der Waals surface area contributed by atoms with Crippen molar-refractivity contribution in [1.29, 1.82) is 0 Å². The van der Waals surface area contributed by atoms with E-state index in [9.17, 15) is 14.0 Å². The number of fused-ring (bicyclic) bond motifs is 1. The molecule has 2 aromatic carbocycles. The lowest BCUT2D eigenvalue weighted by atomic mass is 10.1. The molecule has 0 fully saturated rings. The van der Waals surface area contributed by atoms with Crippen LogP contribution < -0.4 is 10.9 Å². The van der Waals surface area contributed by atoms with Gasteiger partial charge in [0.1, 0.15) is 22.6 Å². The van der Waals surface area contributed by atoms with Crippen molar-refractivity contribution in [3.8, 4) is 5.69 Å². The predicted molar refractivity (Wildman–Crippen MR) is 121 cm³/mol. The van der Waals surface area contributed by atoms with Gasteiger partial charge in [0, 0.05) is 0 Å². The number of rotatable bonds is 4. The van der Waals surface area contributed by atoms with Crippen LogP contribution >= 0.6 is 0 Å². The lowest BCUT2D eigenvalue weighted by molar-refractivity contribution is 0.0499. The first-order chi connectivity index (χ1) is 14.7. The van der Waals surface area contributed by atoms with Crippen molar-refractivity contribution in [3.63, 3.8) is 0 Å². The Balaban J connectivity index is 0.00000166. The summed E-state index contributed by atoms with van der Waals surface area (Å²) in [6.45, 7) is 11.2. The van der Waals surface area contributed by atoms with E-state index in [1.54, 1.807) is 51.1 Å². The molecule has 0 saturated carbocycles. The van der Waals surface area contributed by atoms with Gasteiger partial charge in [0.15, 0.2) is 0 Å². The van der Waals surface area contributed by atoms with Crippen LogP contribution in [0.4, 0.5) is 9.18 Å². The summed E-state index contributed by atoms with van der Waals surface area (Å²) >= 11 is 0. The summed E-state index contributed by atoms with van der Waals surface area (Å²) in [5, 5.41) is 2.69. The van der Waals surface area contributed by atoms with Crippen molar-refractivity contribution in [2.45, 2.75) is 59.6 Å². The zero-order valence-electron chi connectivity index (χ0n) is 18.9. The number of para-hydroxylation sites is 1. The van der Waals surface area contributed by atoms with E-state index in [1.165, 1.54) is 16.7 Å². The Morgan fingerprint density at radius 1 is 1.13 bits per heavy atom. The number of hydrogen-bond donors (Lipinski definition) is 1. The van der Waals surface area contributed by atoms with E-state index in [1.807, 2.05) is 26.8 Å². The van der Waals surface area contributed by atoms with Crippen LogP contribution in [0, 0.1) is 5.82 Å². The van der Waals surface area contributed by atoms with Gasteiger partial charge in [-0.05, 0) is 51.5 Å². The number of aromatic nitrogens is 2. The molecule has 0 aliphatic heterocycles. The number of carbonyl (C=O) groups is 1. The van der Waals surface area contributed by atoms with E-state index in [2.05, 4.69) is 10.3 Å². The fourth-order valence-electron chi connectivity index (χ4n) is 3.07. The van der Waals surface area contributed by atoms with Crippen LogP contribution in [-0.4, -0.2) is 21.2 Å². The smallest absolute Gasteiger partial charge is 0.408 e. The summed E-state index contributed by atoms with van der Waals surface area (Å²) in [5.41, 5.74) is -0.420. The number of amides is 1. The molecule has 0 spiro atoms. The lowest BCUT2D eigenvalue weighted by Gasteiger charge is -2.24. The molecule has 0 bridgehead atoms. The van der Waals surface area contributed by atoms with E-state index < -0.39 is 29.1 Å². The zero-order chi connectivity index (χ0) is 23.2. The minimum Gasteiger partial charge on any atom is -0.444 e. The Kier molecular flexibility index (Phi) is 7.91. The SMILES string of the molecule is CC.CC[C@H](NC(=O)OC(C)(C)C)c1nc2cccc(F)c2c(=O)n1-c1ccccc1. The molecule has 0 aliphatic rings. The number of halogens is 1. The van der Waals surface area contributed by atoms with E-state index >= 15 is 0 Å². The molecule has 1 heterocycles. The van der Waals surface area contributed by atoms with Crippen molar-refractivity contribution in [1.82, 2.24) is 14.9 Å². The maximum absolute atomic E-state index is 14.4. The van der Waals surface area contributed by atoms with Crippen molar-refractivity contribution in [2.75, 3.05) is 0 Å². The van der Waals surface area contributed by atoms with Gasteiger partial charge in [0.05, 0.1) is 17.2 Å². The standard InChI is InChI=1S/C22H24FN3O3.C2H6/c1-5-16(25-21(28)29-22(2,3)4)19-24-17-13-9-12-15(23)18(17)20(27)26(19)14-10-7-6-8-11-14;1-2/h6-13,16H,5H2,1-4H3,(H,25,28);1-2H3/t16-;/m0./s1. The highest BCUT2D eigenvalue weighted by Gasteiger charge is 2.25. The van der Waals surface area contributed by atoms with Gasteiger partial charge in [-0.25, -0.2) is 14.2 Å². The van der Waals surface area contributed by atoms with E-state index in [0.717, 1.165) is 0 Å². The topological polar surface area (TPSA) is 73.2 Å². The summed E-state index contributed by atoms with van der Waals surface area (Å²) in [6.07, 6.45) is -0.156. The lowest BCUT2D eigenvalue weighted by Crippen LogP contribution is -2.37. The molecule has 1 atom stereocenters. The Hall–Kier alpha value is -3.22. The highest BCUT2D eigenvalue weighted by Crippen LogP contribution is 2.22. The van der Waals surface area contributed by atoms with Crippen molar-refractivity contribution in [2.24, 2.45) is 0 Å². The Morgan fingerprint density at radius 2 is 1.77 bits per heavy atom. The summed E-state index contributed by atoms with van der Waals surface area (Å²) in [7, 11) is 0.